The summed E-state index contributed by atoms with van der Waals surface area (Å²) in [6, 6.07) is 0. The molecule has 0 aromatic rings. The van der Waals surface area contributed by atoms with Crippen LogP contribution in [0.1, 0.15) is 26.7 Å². The largest absolute Gasteiger partial charge is 0.466 e. The van der Waals surface area contributed by atoms with Crippen molar-refractivity contribution in [3.05, 3.63) is 11.6 Å². The first kappa shape index (κ1) is 8.79. The number of rotatable bonds is 1. The average Bonchev–Trinajstić information content (AvgIpc) is 2.55. The highest BCUT2D eigenvalue weighted by Crippen LogP contribution is 2.65. The summed E-state index contributed by atoms with van der Waals surface area (Å²) < 4.78 is 4.64. The highest BCUT2D eigenvalue weighted by atomic mass is 16.5. The molecule has 2 nitrogen and oxygen atoms in total. The highest BCUT2D eigenvalue weighted by Gasteiger charge is 2.56. The van der Waals surface area contributed by atoms with Gasteiger partial charge in [-0.05, 0) is 30.1 Å². The lowest BCUT2D eigenvalue weighted by molar-refractivity contribution is -0.135. The van der Waals surface area contributed by atoms with Gasteiger partial charge in [-0.1, -0.05) is 19.4 Å². The van der Waals surface area contributed by atoms with Gasteiger partial charge in [0.25, 0.3) is 0 Å². The van der Waals surface area contributed by atoms with E-state index in [-0.39, 0.29) is 5.97 Å². The van der Waals surface area contributed by atoms with Crippen molar-refractivity contribution in [3.8, 4) is 0 Å². The van der Waals surface area contributed by atoms with Crippen molar-refractivity contribution >= 4 is 5.97 Å². The predicted octanol–water partition coefficient (Wildman–Crippen LogP) is 2.15. The number of methoxy groups -OCH3 is 1. The molecule has 0 amide bonds. The topological polar surface area (TPSA) is 26.3 Å². The lowest BCUT2D eigenvalue weighted by atomic mass is 9.61. The summed E-state index contributed by atoms with van der Waals surface area (Å²) in [5, 5.41) is 0. The number of hydrogen-bond donors (Lipinski definition) is 0. The minimum atomic E-state index is -0.198. The first-order chi connectivity index (χ1) is 6.08. The lowest BCUT2D eigenvalue weighted by Gasteiger charge is -2.43. The Balaban J connectivity index is 2.20. The zero-order chi connectivity index (χ0) is 9.64. The van der Waals surface area contributed by atoms with Crippen molar-refractivity contribution in [3.63, 3.8) is 0 Å². The van der Waals surface area contributed by atoms with Crippen molar-refractivity contribution in [1.82, 2.24) is 0 Å². The molecule has 3 aliphatic carbocycles. The van der Waals surface area contributed by atoms with Crippen molar-refractivity contribution in [2.45, 2.75) is 26.7 Å². The molecule has 0 unspecified atom stereocenters. The molecule has 0 aliphatic heterocycles. The van der Waals surface area contributed by atoms with E-state index in [1.165, 1.54) is 19.1 Å². The second kappa shape index (κ2) is 2.60. The molecule has 13 heavy (non-hydrogen) atoms. The van der Waals surface area contributed by atoms with Gasteiger partial charge in [-0.2, -0.15) is 0 Å². The van der Waals surface area contributed by atoms with Crippen LogP contribution in [0.15, 0.2) is 11.6 Å². The van der Waals surface area contributed by atoms with Crippen molar-refractivity contribution in [2.24, 2.45) is 17.3 Å². The molecule has 0 aromatic carbocycles. The van der Waals surface area contributed by atoms with E-state index in [0.717, 1.165) is 18.3 Å². The van der Waals surface area contributed by atoms with Gasteiger partial charge >= 0.3 is 5.97 Å². The fourth-order valence-corrected chi connectivity index (χ4v) is 2.88. The number of allylic oxidation sites excluding steroid dienone is 1. The van der Waals surface area contributed by atoms with E-state index in [1.54, 1.807) is 6.08 Å². The molecule has 0 radical (unpaired) electrons. The molecular weight excluding hydrogens is 164 g/mol. The molecule has 0 N–H and O–H groups in total. The van der Waals surface area contributed by atoms with E-state index in [0.29, 0.717) is 5.41 Å². The number of ether oxygens (including phenoxy) is 1. The summed E-state index contributed by atoms with van der Waals surface area (Å²) in [5.41, 5.74) is 1.61. The molecule has 3 rings (SSSR count). The number of fused-ring (bicyclic) bond motifs is 1. The average molecular weight is 180 g/mol. The number of carbonyl (C=O) groups excluding carboxylic acids is 1. The fourth-order valence-electron chi connectivity index (χ4n) is 2.88. The monoisotopic (exact) mass is 180 g/mol. The summed E-state index contributed by atoms with van der Waals surface area (Å²) in [6.45, 7) is 4.54. The maximum atomic E-state index is 11.1. The van der Waals surface area contributed by atoms with Crippen LogP contribution < -0.4 is 0 Å². The normalized spacial score (nSPS) is 44.7. The van der Waals surface area contributed by atoms with Gasteiger partial charge in [0, 0.05) is 6.08 Å². The van der Waals surface area contributed by atoms with Crippen LogP contribution in [0.3, 0.4) is 0 Å². The van der Waals surface area contributed by atoms with E-state index in [2.05, 4.69) is 18.6 Å². The van der Waals surface area contributed by atoms with Gasteiger partial charge in [0.05, 0.1) is 7.11 Å². The van der Waals surface area contributed by atoms with Crippen LogP contribution >= 0.6 is 0 Å². The zero-order valence-electron chi connectivity index (χ0n) is 8.46. The molecular formula is C11H16O2. The van der Waals surface area contributed by atoms with Crippen LogP contribution in [0.5, 0.6) is 0 Å². The van der Waals surface area contributed by atoms with Crippen molar-refractivity contribution in [1.29, 1.82) is 0 Å². The Hall–Kier alpha value is -0.790. The van der Waals surface area contributed by atoms with Crippen molar-refractivity contribution < 1.29 is 9.53 Å². The van der Waals surface area contributed by atoms with Crippen LogP contribution in [-0.2, 0) is 9.53 Å². The lowest BCUT2D eigenvalue weighted by Crippen LogP contribution is -2.36. The summed E-state index contributed by atoms with van der Waals surface area (Å²) in [5.74, 6) is 1.38. The summed E-state index contributed by atoms with van der Waals surface area (Å²) in [7, 11) is 1.44. The minimum Gasteiger partial charge on any atom is -0.466 e. The quantitative estimate of drug-likeness (QED) is 0.456. The molecule has 0 heterocycles. The van der Waals surface area contributed by atoms with Gasteiger partial charge in [-0.25, -0.2) is 4.79 Å². The Morgan fingerprint density at radius 1 is 1.69 bits per heavy atom. The zero-order valence-corrected chi connectivity index (χ0v) is 8.46. The molecule has 2 heteroatoms. The second-order valence-electron chi connectivity index (χ2n) is 4.57. The Morgan fingerprint density at radius 2 is 2.38 bits per heavy atom. The SMILES string of the molecule is COC(=O)/C=C1/C[C@H]2C[C@]1(C)[C@@H]2C. The van der Waals surface area contributed by atoms with E-state index in [1.807, 2.05) is 0 Å². The maximum Gasteiger partial charge on any atom is 0.330 e. The fraction of sp³-hybridized carbons (Fsp3) is 0.727. The molecule has 3 aliphatic rings. The van der Waals surface area contributed by atoms with E-state index >= 15 is 0 Å². The van der Waals surface area contributed by atoms with E-state index in [9.17, 15) is 4.79 Å². The Kier molecular flexibility index (Phi) is 1.76. The molecule has 2 bridgehead atoms. The van der Waals surface area contributed by atoms with Crippen molar-refractivity contribution in [2.75, 3.05) is 7.11 Å². The molecule has 0 spiro atoms. The molecule has 0 aromatic heterocycles. The van der Waals surface area contributed by atoms with Crippen LogP contribution in [-0.4, -0.2) is 13.1 Å². The highest BCUT2D eigenvalue weighted by molar-refractivity contribution is 5.83. The third-order valence-corrected chi connectivity index (χ3v) is 4.11. The predicted molar refractivity (Wildman–Crippen MR) is 50.1 cm³/mol. The van der Waals surface area contributed by atoms with Crippen LogP contribution in [0, 0.1) is 17.3 Å². The summed E-state index contributed by atoms with van der Waals surface area (Å²) in [4.78, 5) is 11.1. The number of esters is 1. The van der Waals surface area contributed by atoms with Crippen LogP contribution in [0.2, 0.25) is 0 Å². The Labute approximate surface area is 79.0 Å². The Morgan fingerprint density at radius 3 is 2.77 bits per heavy atom. The second-order valence-corrected chi connectivity index (χ2v) is 4.57. The number of hydrogen-bond acceptors (Lipinski definition) is 2. The van der Waals surface area contributed by atoms with Gasteiger partial charge in [0.2, 0.25) is 0 Å². The minimum absolute atomic E-state index is 0.198. The third-order valence-electron chi connectivity index (χ3n) is 4.11. The van der Waals surface area contributed by atoms with Gasteiger partial charge in [-0.3, -0.25) is 0 Å². The Bertz CT molecular complexity index is 280. The van der Waals surface area contributed by atoms with E-state index in [4.69, 9.17) is 0 Å². The maximum absolute atomic E-state index is 11.1. The molecule has 3 atom stereocenters. The third kappa shape index (κ3) is 1.04. The van der Waals surface area contributed by atoms with Crippen LogP contribution in [0.4, 0.5) is 0 Å². The molecule has 72 valence electrons. The van der Waals surface area contributed by atoms with Gasteiger partial charge in [-0.15, -0.1) is 0 Å². The molecule has 0 saturated heterocycles. The smallest absolute Gasteiger partial charge is 0.330 e. The summed E-state index contributed by atoms with van der Waals surface area (Å²) in [6.07, 6.45) is 4.06. The first-order valence-electron chi connectivity index (χ1n) is 4.87. The first-order valence-corrected chi connectivity index (χ1v) is 4.87. The number of carbonyl (C=O) groups is 1. The standard InChI is InChI=1S/C11H16O2/c1-7-8-4-9(5-10(12)13-3)11(7,2)6-8/h5,7-8H,4,6H2,1-3H3/b9-5-/t7-,8+,11-/m1/s1. The summed E-state index contributed by atoms with van der Waals surface area (Å²) >= 11 is 0. The van der Waals surface area contributed by atoms with E-state index < -0.39 is 0 Å². The van der Waals surface area contributed by atoms with Gasteiger partial charge in [0.15, 0.2) is 0 Å². The van der Waals surface area contributed by atoms with Gasteiger partial charge < -0.3 is 4.74 Å². The van der Waals surface area contributed by atoms with Gasteiger partial charge in [0.1, 0.15) is 0 Å². The molecule has 3 fully saturated rings. The molecule has 3 saturated carbocycles. The van der Waals surface area contributed by atoms with Crippen LogP contribution in [0.25, 0.3) is 0 Å².